The van der Waals surface area contributed by atoms with Gasteiger partial charge in [0, 0.05) is 25.7 Å². The van der Waals surface area contributed by atoms with E-state index in [0.717, 1.165) is 36.0 Å². The summed E-state index contributed by atoms with van der Waals surface area (Å²) >= 11 is 0. The first kappa shape index (κ1) is 15.7. The highest BCUT2D eigenvalue weighted by Gasteiger charge is 2.19. The van der Waals surface area contributed by atoms with Crippen LogP contribution in [0.4, 0.5) is 11.6 Å². The van der Waals surface area contributed by atoms with Crippen LogP contribution in [0.3, 0.4) is 0 Å². The molecule has 0 atom stereocenters. The first-order chi connectivity index (χ1) is 8.74. The zero-order valence-corrected chi connectivity index (χ0v) is 12.9. The number of aliphatic hydroxyl groups is 1. The Hall–Kier alpha value is -1.36. The van der Waals surface area contributed by atoms with Gasteiger partial charge in [0.2, 0.25) is 0 Å². The second kappa shape index (κ2) is 6.19. The molecule has 0 aromatic carbocycles. The van der Waals surface area contributed by atoms with Crippen LogP contribution in [0.2, 0.25) is 0 Å². The van der Waals surface area contributed by atoms with Crippen molar-refractivity contribution in [1.29, 1.82) is 0 Å². The average Bonchev–Trinajstić information content (AvgIpc) is 2.27. The Bertz CT molecular complexity index is 426. The van der Waals surface area contributed by atoms with Gasteiger partial charge in [-0.3, -0.25) is 0 Å². The van der Waals surface area contributed by atoms with E-state index in [1.54, 1.807) is 13.8 Å². The van der Waals surface area contributed by atoms with E-state index in [1.165, 1.54) is 0 Å². The zero-order valence-electron chi connectivity index (χ0n) is 12.9. The maximum atomic E-state index is 9.92. The summed E-state index contributed by atoms with van der Waals surface area (Å²) in [4.78, 5) is 10.9. The smallest absolute Gasteiger partial charge is 0.137 e. The van der Waals surface area contributed by atoms with Crippen molar-refractivity contribution in [1.82, 2.24) is 9.97 Å². The van der Waals surface area contributed by atoms with Gasteiger partial charge in [-0.15, -0.1) is 0 Å². The second-order valence-corrected chi connectivity index (χ2v) is 5.66. The fraction of sp³-hybridized carbons (Fsp3) is 0.714. The monoisotopic (exact) mass is 266 g/mol. The van der Waals surface area contributed by atoms with E-state index in [9.17, 15) is 5.11 Å². The Morgan fingerprint density at radius 2 is 1.89 bits per heavy atom. The van der Waals surface area contributed by atoms with E-state index < -0.39 is 5.60 Å². The summed E-state index contributed by atoms with van der Waals surface area (Å²) in [5.41, 5.74) is 0.266. The molecule has 1 rings (SSSR count). The Morgan fingerprint density at radius 3 is 2.42 bits per heavy atom. The van der Waals surface area contributed by atoms with Gasteiger partial charge in [0.05, 0.1) is 5.60 Å². The van der Waals surface area contributed by atoms with Gasteiger partial charge in [-0.25, -0.2) is 9.97 Å². The summed E-state index contributed by atoms with van der Waals surface area (Å²) in [5.74, 6) is 2.49. The largest absolute Gasteiger partial charge is 0.389 e. The lowest BCUT2D eigenvalue weighted by atomic mass is 10.1. The van der Waals surface area contributed by atoms with Crippen LogP contribution in [0, 0.1) is 13.8 Å². The summed E-state index contributed by atoms with van der Waals surface area (Å²) in [6.45, 7) is 11.0. The van der Waals surface area contributed by atoms with Gasteiger partial charge < -0.3 is 15.3 Å². The number of anilines is 2. The third kappa shape index (κ3) is 4.67. The predicted molar refractivity (Wildman–Crippen MR) is 79.9 cm³/mol. The lowest BCUT2D eigenvalue weighted by Crippen LogP contribution is -2.37. The summed E-state index contributed by atoms with van der Waals surface area (Å²) < 4.78 is 0. The van der Waals surface area contributed by atoms with Crippen molar-refractivity contribution in [3.8, 4) is 0 Å². The molecule has 0 amide bonds. The van der Waals surface area contributed by atoms with E-state index in [1.807, 2.05) is 25.8 Å². The number of aromatic nitrogens is 2. The number of nitrogens with zero attached hydrogens (tertiary/aromatic N) is 3. The van der Waals surface area contributed by atoms with E-state index >= 15 is 0 Å². The van der Waals surface area contributed by atoms with Crippen LogP contribution in [-0.4, -0.2) is 40.8 Å². The number of aryl methyl sites for hydroxylation is 1. The Kier molecular flexibility index (Phi) is 5.11. The van der Waals surface area contributed by atoms with Crippen molar-refractivity contribution in [2.24, 2.45) is 0 Å². The van der Waals surface area contributed by atoms with Crippen LogP contribution in [0.5, 0.6) is 0 Å². The molecule has 5 nitrogen and oxygen atoms in total. The lowest BCUT2D eigenvalue weighted by molar-refractivity contribution is 0.0884. The molecule has 0 spiro atoms. The summed E-state index contributed by atoms with van der Waals surface area (Å²) in [6, 6.07) is 0. The number of rotatable bonds is 6. The van der Waals surface area contributed by atoms with Crippen LogP contribution in [-0.2, 0) is 0 Å². The van der Waals surface area contributed by atoms with Crippen LogP contribution in [0.1, 0.15) is 38.6 Å². The Balaban J connectivity index is 3.03. The van der Waals surface area contributed by atoms with E-state index in [0.29, 0.717) is 6.54 Å². The third-order valence-corrected chi connectivity index (χ3v) is 2.76. The molecule has 1 heterocycles. The standard InChI is InChI=1S/C14H26N4O/c1-7-8-15-12-10(2)13(17-11(3)16-12)18(6)9-14(4,5)19/h19H,7-9H2,1-6H3,(H,15,16,17). The number of hydrogen-bond donors (Lipinski definition) is 2. The highest BCUT2D eigenvalue weighted by molar-refractivity contribution is 5.58. The Morgan fingerprint density at radius 1 is 1.26 bits per heavy atom. The van der Waals surface area contributed by atoms with Crippen LogP contribution < -0.4 is 10.2 Å². The zero-order chi connectivity index (χ0) is 14.6. The molecular weight excluding hydrogens is 240 g/mol. The van der Waals surface area contributed by atoms with Crippen LogP contribution in [0.25, 0.3) is 0 Å². The van der Waals surface area contributed by atoms with Gasteiger partial charge in [0.25, 0.3) is 0 Å². The van der Waals surface area contributed by atoms with Crippen molar-refractivity contribution in [2.75, 3.05) is 30.4 Å². The van der Waals surface area contributed by atoms with Gasteiger partial charge in [-0.1, -0.05) is 6.92 Å². The predicted octanol–water partition coefficient (Wildman–Crippen LogP) is 2.12. The minimum absolute atomic E-state index is 0.525. The molecule has 0 bridgehead atoms. The summed E-state index contributed by atoms with van der Waals surface area (Å²) in [5, 5.41) is 13.2. The maximum absolute atomic E-state index is 9.92. The molecule has 0 saturated heterocycles. The summed E-state index contributed by atoms with van der Waals surface area (Å²) in [7, 11) is 1.94. The molecule has 19 heavy (non-hydrogen) atoms. The van der Waals surface area contributed by atoms with Crippen molar-refractivity contribution in [2.45, 2.75) is 46.6 Å². The average molecular weight is 266 g/mol. The van der Waals surface area contributed by atoms with Gasteiger partial charge in [0.1, 0.15) is 17.5 Å². The first-order valence-electron chi connectivity index (χ1n) is 6.77. The molecule has 0 aliphatic rings. The minimum atomic E-state index is -0.753. The fourth-order valence-corrected chi connectivity index (χ4v) is 2.06. The van der Waals surface area contributed by atoms with Crippen molar-refractivity contribution < 1.29 is 5.11 Å². The number of nitrogens with one attached hydrogen (secondary N) is 1. The lowest BCUT2D eigenvalue weighted by Gasteiger charge is -2.28. The maximum Gasteiger partial charge on any atom is 0.137 e. The molecule has 1 aromatic heterocycles. The fourth-order valence-electron chi connectivity index (χ4n) is 2.06. The normalized spacial score (nSPS) is 11.5. The first-order valence-corrected chi connectivity index (χ1v) is 6.77. The molecule has 1 aromatic rings. The van der Waals surface area contributed by atoms with E-state index in [4.69, 9.17) is 0 Å². The molecule has 0 aliphatic carbocycles. The molecule has 0 fully saturated rings. The van der Waals surface area contributed by atoms with Crippen LogP contribution in [0.15, 0.2) is 0 Å². The molecular formula is C14H26N4O. The second-order valence-electron chi connectivity index (χ2n) is 5.66. The Labute approximate surface area is 116 Å². The van der Waals surface area contributed by atoms with Gasteiger partial charge >= 0.3 is 0 Å². The quantitative estimate of drug-likeness (QED) is 0.826. The molecule has 0 saturated carbocycles. The SMILES string of the molecule is CCCNc1nc(C)nc(N(C)CC(C)(C)O)c1C. The van der Waals surface area contributed by atoms with Crippen molar-refractivity contribution in [3.63, 3.8) is 0 Å². The van der Waals surface area contributed by atoms with Gasteiger partial charge in [-0.2, -0.15) is 0 Å². The van der Waals surface area contributed by atoms with E-state index in [2.05, 4.69) is 22.2 Å². The molecule has 5 heteroatoms. The van der Waals surface area contributed by atoms with Gasteiger partial charge in [0.15, 0.2) is 0 Å². The molecule has 2 N–H and O–H groups in total. The third-order valence-electron chi connectivity index (χ3n) is 2.76. The molecule has 0 radical (unpaired) electrons. The van der Waals surface area contributed by atoms with Crippen molar-refractivity contribution in [3.05, 3.63) is 11.4 Å². The molecule has 108 valence electrons. The summed E-state index contributed by atoms with van der Waals surface area (Å²) in [6.07, 6.45) is 1.05. The van der Waals surface area contributed by atoms with Crippen LogP contribution >= 0.6 is 0 Å². The van der Waals surface area contributed by atoms with Crippen molar-refractivity contribution >= 4 is 11.6 Å². The topological polar surface area (TPSA) is 61.3 Å². The highest BCUT2D eigenvalue weighted by atomic mass is 16.3. The number of hydrogen-bond acceptors (Lipinski definition) is 5. The van der Waals surface area contributed by atoms with Gasteiger partial charge in [-0.05, 0) is 34.1 Å². The minimum Gasteiger partial charge on any atom is -0.389 e. The highest BCUT2D eigenvalue weighted by Crippen LogP contribution is 2.23. The molecule has 0 aliphatic heterocycles. The van der Waals surface area contributed by atoms with E-state index in [-0.39, 0.29) is 0 Å². The molecule has 0 unspecified atom stereocenters. The number of likely N-dealkylation sites (N-methyl/N-ethyl adjacent to an activating group) is 1.